The monoisotopic (exact) mass is 298 g/mol. The lowest BCUT2D eigenvalue weighted by molar-refractivity contribution is -0.146. The molecule has 0 aliphatic heterocycles. The Morgan fingerprint density at radius 3 is 2.33 bits per heavy atom. The van der Waals surface area contributed by atoms with Crippen LogP contribution >= 0.6 is 0 Å². The second-order valence-corrected chi connectivity index (χ2v) is 6.02. The highest BCUT2D eigenvalue weighted by Crippen LogP contribution is 2.38. The van der Waals surface area contributed by atoms with E-state index in [-0.39, 0.29) is 11.8 Å². The number of rotatable bonds is 9. The average Bonchev–Trinajstić information content (AvgIpc) is 2.90. The number of nitrogens with one attached hydrogen (secondary N) is 1. The molecule has 5 heteroatoms. The number of carbonyl (C=O) groups is 2. The Hall–Kier alpha value is -1.10. The molecule has 0 radical (unpaired) electrons. The first-order valence-corrected chi connectivity index (χ1v) is 8.26. The van der Waals surface area contributed by atoms with Gasteiger partial charge in [0, 0.05) is 13.1 Å². The Balaban J connectivity index is 2.44. The minimum Gasteiger partial charge on any atom is -0.481 e. The van der Waals surface area contributed by atoms with Gasteiger partial charge in [-0.1, -0.05) is 27.2 Å². The van der Waals surface area contributed by atoms with Crippen LogP contribution in [0.5, 0.6) is 0 Å². The molecule has 5 nitrogen and oxygen atoms in total. The maximum Gasteiger partial charge on any atom is 0.307 e. The number of likely N-dealkylation sites (N-methyl/N-ethyl adjacent to an activating group) is 1. The van der Waals surface area contributed by atoms with Gasteiger partial charge in [-0.25, -0.2) is 0 Å². The van der Waals surface area contributed by atoms with Gasteiger partial charge in [-0.2, -0.15) is 0 Å². The van der Waals surface area contributed by atoms with E-state index in [1.54, 1.807) is 0 Å². The quantitative estimate of drug-likeness (QED) is 0.683. The van der Waals surface area contributed by atoms with Gasteiger partial charge in [0.15, 0.2) is 0 Å². The number of carboxylic acids is 1. The molecule has 1 rings (SSSR count). The summed E-state index contributed by atoms with van der Waals surface area (Å²) in [6.07, 6.45) is 3.41. The fourth-order valence-electron chi connectivity index (χ4n) is 3.25. The molecule has 21 heavy (non-hydrogen) atoms. The lowest BCUT2D eigenvalue weighted by Gasteiger charge is -2.21. The van der Waals surface area contributed by atoms with E-state index in [0.717, 1.165) is 32.5 Å². The third-order valence-electron chi connectivity index (χ3n) is 4.61. The molecular formula is C16H30N2O3. The van der Waals surface area contributed by atoms with E-state index < -0.39 is 11.9 Å². The van der Waals surface area contributed by atoms with Gasteiger partial charge < -0.3 is 15.3 Å². The molecule has 0 aromatic heterocycles. The van der Waals surface area contributed by atoms with Crippen molar-refractivity contribution in [3.05, 3.63) is 0 Å². The van der Waals surface area contributed by atoms with E-state index in [4.69, 9.17) is 0 Å². The second-order valence-electron chi connectivity index (χ2n) is 6.02. The summed E-state index contributed by atoms with van der Waals surface area (Å²) in [4.78, 5) is 25.8. The largest absolute Gasteiger partial charge is 0.481 e. The zero-order chi connectivity index (χ0) is 15.8. The van der Waals surface area contributed by atoms with Crippen LogP contribution in [-0.2, 0) is 9.59 Å². The number of nitrogens with zero attached hydrogens (tertiary/aromatic N) is 1. The minimum absolute atomic E-state index is 0.0779. The van der Waals surface area contributed by atoms with E-state index in [2.05, 4.69) is 31.0 Å². The lowest BCUT2D eigenvalue weighted by Crippen LogP contribution is -2.40. The summed E-state index contributed by atoms with van der Waals surface area (Å²) in [6, 6.07) is 0. The first kappa shape index (κ1) is 18.0. The predicted molar refractivity (Wildman–Crippen MR) is 83.0 cm³/mol. The van der Waals surface area contributed by atoms with Crippen molar-refractivity contribution in [1.29, 1.82) is 0 Å². The first-order chi connectivity index (χ1) is 10.0. The summed E-state index contributed by atoms with van der Waals surface area (Å²) in [5, 5.41) is 12.2. The molecule has 0 aromatic carbocycles. The third kappa shape index (κ3) is 5.30. The van der Waals surface area contributed by atoms with Gasteiger partial charge in [-0.3, -0.25) is 9.59 Å². The number of carbonyl (C=O) groups excluding carboxylic acids is 1. The number of aliphatic carboxylic acids is 1. The molecule has 0 bridgehead atoms. The Labute approximate surface area is 128 Å². The van der Waals surface area contributed by atoms with Crippen LogP contribution in [-0.4, -0.2) is 48.1 Å². The van der Waals surface area contributed by atoms with Crippen LogP contribution in [0.1, 0.15) is 46.5 Å². The number of amides is 1. The molecule has 0 saturated heterocycles. The first-order valence-electron chi connectivity index (χ1n) is 8.26. The van der Waals surface area contributed by atoms with Crippen LogP contribution in [0.2, 0.25) is 0 Å². The molecule has 3 unspecified atom stereocenters. The number of hydrogen-bond donors (Lipinski definition) is 2. The van der Waals surface area contributed by atoms with Gasteiger partial charge in [-0.15, -0.1) is 0 Å². The van der Waals surface area contributed by atoms with Crippen molar-refractivity contribution in [3.63, 3.8) is 0 Å². The summed E-state index contributed by atoms with van der Waals surface area (Å²) in [5.41, 5.74) is 0. The molecule has 1 amide bonds. The SMILES string of the molecule is CCCN(CC)CCNC(=O)C1CC(CC)CC1C(=O)O. The van der Waals surface area contributed by atoms with Crippen molar-refractivity contribution in [2.45, 2.75) is 46.5 Å². The topological polar surface area (TPSA) is 69.6 Å². The summed E-state index contributed by atoms with van der Waals surface area (Å²) in [6.45, 7) is 9.76. The van der Waals surface area contributed by atoms with Gasteiger partial charge in [0.2, 0.25) is 5.91 Å². The van der Waals surface area contributed by atoms with E-state index in [1.807, 2.05) is 0 Å². The molecule has 1 aliphatic carbocycles. The van der Waals surface area contributed by atoms with Crippen LogP contribution in [0.15, 0.2) is 0 Å². The average molecular weight is 298 g/mol. The molecule has 2 N–H and O–H groups in total. The highest BCUT2D eigenvalue weighted by Gasteiger charge is 2.41. The minimum atomic E-state index is -0.827. The van der Waals surface area contributed by atoms with Crippen molar-refractivity contribution in [3.8, 4) is 0 Å². The smallest absolute Gasteiger partial charge is 0.307 e. The van der Waals surface area contributed by atoms with Crippen molar-refractivity contribution in [1.82, 2.24) is 10.2 Å². The number of carboxylic acid groups (broad SMARTS) is 1. The van der Waals surface area contributed by atoms with Gasteiger partial charge in [0.25, 0.3) is 0 Å². The predicted octanol–water partition coefficient (Wildman–Crippen LogP) is 1.97. The standard InChI is InChI=1S/C16H30N2O3/c1-4-8-18(6-3)9-7-17-15(19)13-10-12(5-2)11-14(13)16(20)21/h12-14H,4-11H2,1-3H3,(H,17,19)(H,20,21). The number of hydrogen-bond acceptors (Lipinski definition) is 3. The lowest BCUT2D eigenvalue weighted by atomic mass is 9.95. The van der Waals surface area contributed by atoms with Crippen molar-refractivity contribution < 1.29 is 14.7 Å². The van der Waals surface area contributed by atoms with E-state index >= 15 is 0 Å². The van der Waals surface area contributed by atoms with Gasteiger partial charge in [0.1, 0.15) is 0 Å². The molecule has 1 fully saturated rings. The Bertz CT molecular complexity index is 346. The summed E-state index contributed by atoms with van der Waals surface area (Å²) >= 11 is 0. The maximum atomic E-state index is 12.3. The molecule has 0 aromatic rings. The molecule has 3 atom stereocenters. The van der Waals surface area contributed by atoms with Crippen molar-refractivity contribution >= 4 is 11.9 Å². The third-order valence-corrected chi connectivity index (χ3v) is 4.61. The Morgan fingerprint density at radius 2 is 1.81 bits per heavy atom. The maximum absolute atomic E-state index is 12.3. The van der Waals surface area contributed by atoms with Crippen molar-refractivity contribution in [2.75, 3.05) is 26.2 Å². The van der Waals surface area contributed by atoms with Gasteiger partial charge in [0.05, 0.1) is 11.8 Å². The summed E-state index contributed by atoms with van der Waals surface area (Å²) < 4.78 is 0. The molecule has 1 aliphatic rings. The van der Waals surface area contributed by atoms with E-state index in [9.17, 15) is 14.7 Å². The molecule has 1 saturated carbocycles. The van der Waals surface area contributed by atoms with E-state index in [1.165, 1.54) is 0 Å². The molecule has 0 spiro atoms. The molecule has 0 heterocycles. The van der Waals surface area contributed by atoms with Crippen LogP contribution < -0.4 is 5.32 Å². The summed E-state index contributed by atoms with van der Waals surface area (Å²) in [5.74, 6) is -1.39. The van der Waals surface area contributed by atoms with E-state index in [0.29, 0.717) is 25.3 Å². The van der Waals surface area contributed by atoms with Crippen LogP contribution in [0, 0.1) is 17.8 Å². The zero-order valence-corrected chi connectivity index (χ0v) is 13.6. The molecule has 122 valence electrons. The Morgan fingerprint density at radius 1 is 1.14 bits per heavy atom. The fraction of sp³-hybridized carbons (Fsp3) is 0.875. The molecular weight excluding hydrogens is 268 g/mol. The van der Waals surface area contributed by atoms with Crippen molar-refractivity contribution in [2.24, 2.45) is 17.8 Å². The highest BCUT2D eigenvalue weighted by atomic mass is 16.4. The summed E-state index contributed by atoms with van der Waals surface area (Å²) in [7, 11) is 0. The Kier molecular flexibility index (Phi) is 7.72. The zero-order valence-electron chi connectivity index (χ0n) is 13.6. The van der Waals surface area contributed by atoms with Crippen LogP contribution in [0.4, 0.5) is 0 Å². The normalized spacial score (nSPS) is 25.2. The fourth-order valence-corrected chi connectivity index (χ4v) is 3.25. The van der Waals surface area contributed by atoms with Gasteiger partial charge in [-0.05, 0) is 38.3 Å². The highest BCUT2D eigenvalue weighted by molar-refractivity contribution is 5.85. The van der Waals surface area contributed by atoms with Crippen LogP contribution in [0.25, 0.3) is 0 Å². The second kappa shape index (κ2) is 9.03. The van der Waals surface area contributed by atoms with Gasteiger partial charge >= 0.3 is 5.97 Å². The van der Waals surface area contributed by atoms with Crippen LogP contribution in [0.3, 0.4) is 0 Å².